The normalized spacial score (nSPS) is 15.2. The summed E-state index contributed by atoms with van der Waals surface area (Å²) < 4.78 is 5.39. The SMILES string of the molecule is CC(O)(CCCO)c1coc2ccccc12. The van der Waals surface area contributed by atoms with Gasteiger partial charge in [0, 0.05) is 17.6 Å². The molecule has 0 radical (unpaired) electrons. The predicted octanol–water partition coefficient (Wildman–Crippen LogP) is 2.41. The smallest absolute Gasteiger partial charge is 0.134 e. The Labute approximate surface area is 94.3 Å². The predicted molar refractivity (Wildman–Crippen MR) is 62.1 cm³/mol. The van der Waals surface area contributed by atoms with Crippen LogP contribution in [-0.4, -0.2) is 16.8 Å². The summed E-state index contributed by atoms with van der Waals surface area (Å²) in [4.78, 5) is 0. The topological polar surface area (TPSA) is 53.6 Å². The summed E-state index contributed by atoms with van der Waals surface area (Å²) in [6.07, 6.45) is 2.70. The Kier molecular flexibility index (Phi) is 2.99. The van der Waals surface area contributed by atoms with Crippen molar-refractivity contribution in [3.63, 3.8) is 0 Å². The van der Waals surface area contributed by atoms with E-state index in [1.54, 1.807) is 13.2 Å². The summed E-state index contributed by atoms with van der Waals surface area (Å²) in [6, 6.07) is 7.63. The number of hydrogen-bond acceptors (Lipinski definition) is 3. The summed E-state index contributed by atoms with van der Waals surface area (Å²) >= 11 is 0. The second kappa shape index (κ2) is 4.28. The third-order valence-corrected chi connectivity index (χ3v) is 2.88. The molecule has 3 nitrogen and oxygen atoms in total. The Morgan fingerprint density at radius 2 is 2.06 bits per heavy atom. The molecule has 0 aliphatic carbocycles. The maximum absolute atomic E-state index is 10.3. The van der Waals surface area contributed by atoms with Gasteiger partial charge in [-0.2, -0.15) is 0 Å². The molecule has 3 heteroatoms. The maximum Gasteiger partial charge on any atom is 0.134 e. The molecular weight excluding hydrogens is 204 g/mol. The first-order valence-corrected chi connectivity index (χ1v) is 5.45. The Bertz CT molecular complexity index is 471. The zero-order valence-corrected chi connectivity index (χ0v) is 9.31. The molecule has 2 aromatic rings. The molecule has 0 fully saturated rings. The molecule has 0 saturated heterocycles. The highest BCUT2D eigenvalue weighted by molar-refractivity contribution is 5.81. The van der Waals surface area contributed by atoms with Crippen LogP contribution in [0.4, 0.5) is 0 Å². The first-order valence-electron chi connectivity index (χ1n) is 5.45. The minimum atomic E-state index is -0.949. The number of hydrogen-bond donors (Lipinski definition) is 2. The van der Waals surface area contributed by atoms with Crippen molar-refractivity contribution in [2.75, 3.05) is 6.61 Å². The van der Waals surface area contributed by atoms with Gasteiger partial charge in [0.05, 0.1) is 11.9 Å². The van der Waals surface area contributed by atoms with Crippen molar-refractivity contribution in [1.29, 1.82) is 0 Å². The third kappa shape index (κ3) is 1.96. The molecule has 0 bridgehead atoms. The lowest BCUT2D eigenvalue weighted by Crippen LogP contribution is -2.20. The van der Waals surface area contributed by atoms with E-state index in [4.69, 9.17) is 9.52 Å². The van der Waals surface area contributed by atoms with Gasteiger partial charge in [0.2, 0.25) is 0 Å². The molecule has 1 atom stereocenters. The Balaban J connectivity index is 2.38. The molecule has 0 aliphatic rings. The molecule has 0 saturated carbocycles. The summed E-state index contributed by atoms with van der Waals surface area (Å²) in [6.45, 7) is 1.84. The summed E-state index contributed by atoms with van der Waals surface area (Å²) in [5.74, 6) is 0. The molecule has 1 heterocycles. The third-order valence-electron chi connectivity index (χ3n) is 2.88. The minimum absolute atomic E-state index is 0.0892. The number of aliphatic hydroxyl groups is 2. The van der Waals surface area contributed by atoms with Crippen LogP contribution in [0.1, 0.15) is 25.3 Å². The monoisotopic (exact) mass is 220 g/mol. The summed E-state index contributed by atoms with van der Waals surface area (Å²) in [7, 11) is 0. The molecule has 16 heavy (non-hydrogen) atoms. The number of benzene rings is 1. The molecule has 1 aromatic carbocycles. The van der Waals surface area contributed by atoms with Gasteiger partial charge in [-0.25, -0.2) is 0 Å². The van der Waals surface area contributed by atoms with Crippen molar-refractivity contribution in [3.8, 4) is 0 Å². The highest BCUT2D eigenvalue weighted by atomic mass is 16.3. The Morgan fingerprint density at radius 3 is 2.81 bits per heavy atom. The summed E-state index contributed by atoms with van der Waals surface area (Å²) in [5, 5.41) is 20.1. The van der Waals surface area contributed by atoms with E-state index in [1.807, 2.05) is 24.3 Å². The molecule has 0 aliphatic heterocycles. The van der Waals surface area contributed by atoms with Gasteiger partial charge in [-0.1, -0.05) is 18.2 Å². The first-order chi connectivity index (χ1) is 7.65. The van der Waals surface area contributed by atoms with E-state index in [-0.39, 0.29) is 6.61 Å². The van der Waals surface area contributed by atoms with Crippen LogP contribution in [0.3, 0.4) is 0 Å². The van der Waals surface area contributed by atoms with Gasteiger partial charge < -0.3 is 14.6 Å². The largest absolute Gasteiger partial charge is 0.464 e. The average molecular weight is 220 g/mol. The second-order valence-corrected chi connectivity index (χ2v) is 4.25. The van der Waals surface area contributed by atoms with E-state index < -0.39 is 5.60 Å². The number of para-hydroxylation sites is 1. The molecule has 86 valence electrons. The number of furan rings is 1. The van der Waals surface area contributed by atoms with Crippen LogP contribution in [0.5, 0.6) is 0 Å². The Morgan fingerprint density at radius 1 is 1.31 bits per heavy atom. The van der Waals surface area contributed by atoms with E-state index >= 15 is 0 Å². The van der Waals surface area contributed by atoms with Gasteiger partial charge in [0.15, 0.2) is 0 Å². The molecule has 2 rings (SSSR count). The van der Waals surface area contributed by atoms with Gasteiger partial charge in [0.25, 0.3) is 0 Å². The van der Waals surface area contributed by atoms with Gasteiger partial charge in [-0.15, -0.1) is 0 Å². The minimum Gasteiger partial charge on any atom is -0.464 e. The fraction of sp³-hybridized carbons (Fsp3) is 0.385. The molecule has 1 aromatic heterocycles. The Hall–Kier alpha value is -1.32. The summed E-state index contributed by atoms with van der Waals surface area (Å²) in [5.41, 5.74) is 0.619. The van der Waals surface area contributed by atoms with Crippen LogP contribution in [0.15, 0.2) is 34.9 Å². The van der Waals surface area contributed by atoms with E-state index in [2.05, 4.69) is 0 Å². The van der Waals surface area contributed by atoms with Gasteiger partial charge in [-0.05, 0) is 25.8 Å². The zero-order chi connectivity index (χ0) is 11.6. The van der Waals surface area contributed by atoms with Crippen LogP contribution in [0.25, 0.3) is 11.0 Å². The number of aliphatic hydroxyl groups excluding tert-OH is 1. The highest BCUT2D eigenvalue weighted by Crippen LogP contribution is 2.33. The number of fused-ring (bicyclic) bond motifs is 1. The fourth-order valence-corrected chi connectivity index (χ4v) is 1.95. The van der Waals surface area contributed by atoms with Crippen molar-refractivity contribution in [2.45, 2.75) is 25.4 Å². The molecule has 0 spiro atoms. The van der Waals surface area contributed by atoms with Crippen molar-refractivity contribution >= 4 is 11.0 Å². The van der Waals surface area contributed by atoms with Crippen molar-refractivity contribution in [2.24, 2.45) is 0 Å². The quantitative estimate of drug-likeness (QED) is 0.832. The lowest BCUT2D eigenvalue weighted by atomic mass is 9.91. The molecule has 0 amide bonds. The van der Waals surface area contributed by atoms with Crippen molar-refractivity contribution in [3.05, 3.63) is 36.1 Å². The highest BCUT2D eigenvalue weighted by Gasteiger charge is 2.26. The molecule has 1 unspecified atom stereocenters. The fourth-order valence-electron chi connectivity index (χ4n) is 1.95. The van der Waals surface area contributed by atoms with Gasteiger partial charge in [-0.3, -0.25) is 0 Å². The van der Waals surface area contributed by atoms with Crippen molar-refractivity contribution < 1.29 is 14.6 Å². The standard InChI is InChI=1S/C13H16O3/c1-13(15,7-4-8-14)11-9-16-12-6-3-2-5-10(11)12/h2-3,5-6,9,14-15H,4,7-8H2,1H3. The van der Waals surface area contributed by atoms with Gasteiger partial charge in [0.1, 0.15) is 5.58 Å². The lowest BCUT2D eigenvalue weighted by molar-refractivity contribution is 0.0410. The van der Waals surface area contributed by atoms with Crippen molar-refractivity contribution in [1.82, 2.24) is 0 Å². The zero-order valence-electron chi connectivity index (χ0n) is 9.31. The van der Waals surface area contributed by atoms with E-state index in [0.29, 0.717) is 12.8 Å². The second-order valence-electron chi connectivity index (χ2n) is 4.25. The lowest BCUT2D eigenvalue weighted by Gasteiger charge is -2.21. The van der Waals surface area contributed by atoms with E-state index in [9.17, 15) is 5.11 Å². The van der Waals surface area contributed by atoms with Crippen LogP contribution in [-0.2, 0) is 5.60 Å². The molecular formula is C13H16O3. The number of rotatable bonds is 4. The van der Waals surface area contributed by atoms with E-state index in [0.717, 1.165) is 16.5 Å². The first kappa shape index (κ1) is 11.2. The van der Waals surface area contributed by atoms with Crippen LogP contribution < -0.4 is 0 Å². The van der Waals surface area contributed by atoms with Crippen LogP contribution in [0.2, 0.25) is 0 Å². The average Bonchev–Trinajstić information content (AvgIpc) is 2.71. The van der Waals surface area contributed by atoms with E-state index in [1.165, 1.54) is 0 Å². The van der Waals surface area contributed by atoms with Crippen LogP contribution >= 0.6 is 0 Å². The molecule has 2 N–H and O–H groups in total. The maximum atomic E-state index is 10.3. The van der Waals surface area contributed by atoms with Crippen LogP contribution in [0, 0.1) is 0 Å². The van der Waals surface area contributed by atoms with Gasteiger partial charge >= 0.3 is 0 Å².